The number of aryl methyl sites for hydroxylation is 2. The van der Waals surface area contributed by atoms with Crippen molar-refractivity contribution in [1.29, 1.82) is 0 Å². The van der Waals surface area contributed by atoms with Crippen LogP contribution in [0, 0.1) is 0 Å². The Morgan fingerprint density at radius 1 is 1.05 bits per heavy atom. The fourth-order valence-corrected chi connectivity index (χ4v) is 4.88. The number of nitrogens with zero attached hydrogens (tertiary/aromatic N) is 3. The molecule has 21 heavy (non-hydrogen) atoms. The molecule has 3 heterocycles. The summed E-state index contributed by atoms with van der Waals surface area (Å²) in [5.41, 5.74) is 1.41. The Morgan fingerprint density at radius 3 is 2.90 bits per heavy atom. The van der Waals surface area contributed by atoms with Gasteiger partial charge in [0.05, 0.1) is 5.39 Å². The molecule has 0 radical (unpaired) electrons. The van der Waals surface area contributed by atoms with Crippen LogP contribution < -0.4 is 10.2 Å². The van der Waals surface area contributed by atoms with Gasteiger partial charge < -0.3 is 10.2 Å². The monoisotopic (exact) mass is 322 g/mol. The first-order valence-electron chi connectivity index (χ1n) is 7.76. The number of halogens is 1. The highest BCUT2D eigenvalue weighted by atomic mass is 35.5. The molecule has 1 fully saturated rings. The zero-order valence-corrected chi connectivity index (χ0v) is 13.6. The van der Waals surface area contributed by atoms with Crippen molar-refractivity contribution in [3.8, 4) is 0 Å². The molecular weight excluding hydrogens is 304 g/mol. The topological polar surface area (TPSA) is 41.1 Å². The Labute approximate surface area is 133 Å². The van der Waals surface area contributed by atoms with E-state index >= 15 is 0 Å². The van der Waals surface area contributed by atoms with Gasteiger partial charge in [0.15, 0.2) is 0 Å². The second-order valence-corrected chi connectivity index (χ2v) is 7.24. The Bertz CT molecular complexity index is 661. The summed E-state index contributed by atoms with van der Waals surface area (Å²) in [6.07, 6.45) is 5.98. The standard InChI is InChI=1S/C15H19ClN4S/c16-13-12-10-4-1-2-5-11(10)21-14(12)19-15(18-13)20-8-3-6-17-7-9-20/h17H,1-9H2. The first-order valence-corrected chi connectivity index (χ1v) is 8.96. The van der Waals surface area contributed by atoms with Crippen LogP contribution in [0.3, 0.4) is 0 Å². The lowest BCUT2D eigenvalue weighted by atomic mass is 9.97. The van der Waals surface area contributed by atoms with Gasteiger partial charge in [-0.15, -0.1) is 11.3 Å². The summed E-state index contributed by atoms with van der Waals surface area (Å²) in [6.45, 7) is 4.01. The molecular formula is C15H19ClN4S. The molecule has 1 aliphatic heterocycles. The number of thiophene rings is 1. The van der Waals surface area contributed by atoms with Crippen LogP contribution in [-0.2, 0) is 12.8 Å². The van der Waals surface area contributed by atoms with Gasteiger partial charge in [0.2, 0.25) is 5.95 Å². The highest BCUT2D eigenvalue weighted by molar-refractivity contribution is 7.19. The van der Waals surface area contributed by atoms with Crippen molar-refractivity contribution in [2.75, 3.05) is 31.1 Å². The van der Waals surface area contributed by atoms with Crippen LogP contribution in [0.1, 0.15) is 29.7 Å². The maximum Gasteiger partial charge on any atom is 0.228 e. The summed E-state index contributed by atoms with van der Waals surface area (Å²) >= 11 is 8.33. The van der Waals surface area contributed by atoms with Crippen molar-refractivity contribution >= 4 is 39.1 Å². The molecule has 2 aliphatic rings. The van der Waals surface area contributed by atoms with Crippen molar-refractivity contribution in [2.24, 2.45) is 0 Å². The Morgan fingerprint density at radius 2 is 1.95 bits per heavy atom. The molecule has 1 N–H and O–H groups in total. The number of nitrogens with one attached hydrogen (secondary N) is 1. The quantitative estimate of drug-likeness (QED) is 0.819. The van der Waals surface area contributed by atoms with Crippen molar-refractivity contribution in [2.45, 2.75) is 32.1 Å². The second-order valence-electron chi connectivity index (χ2n) is 5.80. The predicted molar refractivity (Wildman–Crippen MR) is 88.8 cm³/mol. The van der Waals surface area contributed by atoms with Crippen LogP contribution in [-0.4, -0.2) is 36.1 Å². The van der Waals surface area contributed by atoms with Crippen LogP contribution >= 0.6 is 22.9 Å². The number of anilines is 1. The van der Waals surface area contributed by atoms with Gasteiger partial charge in [0, 0.05) is 24.5 Å². The largest absolute Gasteiger partial charge is 0.339 e. The summed E-state index contributed by atoms with van der Waals surface area (Å²) < 4.78 is 0. The highest BCUT2D eigenvalue weighted by Gasteiger charge is 2.22. The van der Waals surface area contributed by atoms with Crippen LogP contribution in [0.4, 0.5) is 5.95 Å². The molecule has 0 atom stereocenters. The summed E-state index contributed by atoms with van der Waals surface area (Å²) in [7, 11) is 0. The van der Waals surface area contributed by atoms with Crippen LogP contribution in [0.5, 0.6) is 0 Å². The van der Waals surface area contributed by atoms with E-state index in [0.717, 1.165) is 55.2 Å². The third-order valence-electron chi connectivity index (χ3n) is 4.38. The normalized spacial score (nSPS) is 19.6. The number of rotatable bonds is 1. The van der Waals surface area contributed by atoms with E-state index in [2.05, 4.69) is 15.2 Å². The third-order valence-corrected chi connectivity index (χ3v) is 5.84. The Balaban J connectivity index is 1.78. The number of hydrogen-bond donors (Lipinski definition) is 1. The van der Waals surface area contributed by atoms with Crippen molar-refractivity contribution in [3.05, 3.63) is 15.6 Å². The van der Waals surface area contributed by atoms with E-state index in [1.54, 1.807) is 0 Å². The van der Waals surface area contributed by atoms with E-state index in [4.69, 9.17) is 16.6 Å². The minimum absolute atomic E-state index is 0.645. The van der Waals surface area contributed by atoms with E-state index in [0.29, 0.717) is 5.15 Å². The number of hydrogen-bond acceptors (Lipinski definition) is 5. The summed E-state index contributed by atoms with van der Waals surface area (Å²) in [5.74, 6) is 0.801. The van der Waals surface area contributed by atoms with E-state index in [1.807, 2.05) is 11.3 Å². The lowest BCUT2D eigenvalue weighted by Gasteiger charge is -2.20. The minimum atomic E-state index is 0.645. The van der Waals surface area contributed by atoms with E-state index in [9.17, 15) is 0 Å². The van der Waals surface area contributed by atoms with Gasteiger partial charge in [-0.05, 0) is 44.2 Å². The molecule has 6 heteroatoms. The van der Waals surface area contributed by atoms with Gasteiger partial charge in [0.25, 0.3) is 0 Å². The van der Waals surface area contributed by atoms with Crippen LogP contribution in [0.2, 0.25) is 5.15 Å². The maximum absolute atomic E-state index is 6.51. The van der Waals surface area contributed by atoms with Gasteiger partial charge in [-0.25, -0.2) is 9.97 Å². The third kappa shape index (κ3) is 2.51. The molecule has 0 spiro atoms. The fraction of sp³-hybridized carbons (Fsp3) is 0.600. The molecule has 2 aromatic heterocycles. The molecule has 0 aromatic carbocycles. The average molecular weight is 323 g/mol. The zero-order valence-electron chi connectivity index (χ0n) is 12.0. The number of aromatic nitrogens is 2. The molecule has 1 saturated heterocycles. The molecule has 0 amide bonds. The first kappa shape index (κ1) is 13.7. The first-order chi connectivity index (χ1) is 10.3. The predicted octanol–water partition coefficient (Wildman–Crippen LogP) is 3.02. The second kappa shape index (κ2) is 5.71. The lowest BCUT2D eigenvalue weighted by molar-refractivity contribution is 0.700. The molecule has 2 aromatic rings. The van der Waals surface area contributed by atoms with Crippen molar-refractivity contribution in [1.82, 2.24) is 15.3 Å². The van der Waals surface area contributed by atoms with Gasteiger partial charge in [-0.3, -0.25) is 0 Å². The average Bonchev–Trinajstić information content (AvgIpc) is 2.68. The Hall–Kier alpha value is -0.910. The summed E-state index contributed by atoms with van der Waals surface area (Å²) in [6, 6.07) is 0. The molecule has 0 bridgehead atoms. The van der Waals surface area contributed by atoms with E-state index in [-0.39, 0.29) is 0 Å². The van der Waals surface area contributed by atoms with Crippen molar-refractivity contribution in [3.63, 3.8) is 0 Å². The molecule has 4 rings (SSSR count). The van der Waals surface area contributed by atoms with E-state index < -0.39 is 0 Å². The lowest BCUT2D eigenvalue weighted by Crippen LogP contribution is -2.29. The summed E-state index contributed by atoms with van der Waals surface area (Å²) in [5, 5.41) is 5.17. The number of fused-ring (bicyclic) bond motifs is 3. The molecule has 1 aliphatic carbocycles. The molecule has 0 saturated carbocycles. The van der Waals surface area contributed by atoms with Crippen LogP contribution in [0.25, 0.3) is 10.2 Å². The van der Waals surface area contributed by atoms with E-state index in [1.165, 1.54) is 29.7 Å². The maximum atomic E-state index is 6.51. The summed E-state index contributed by atoms with van der Waals surface area (Å²) in [4.78, 5) is 14.2. The van der Waals surface area contributed by atoms with Gasteiger partial charge >= 0.3 is 0 Å². The zero-order chi connectivity index (χ0) is 14.2. The smallest absolute Gasteiger partial charge is 0.228 e. The SMILES string of the molecule is Clc1nc(N2CCCNCC2)nc2sc3c(c12)CCCC3. The van der Waals surface area contributed by atoms with Gasteiger partial charge in [-0.2, -0.15) is 0 Å². The highest BCUT2D eigenvalue weighted by Crippen LogP contribution is 2.39. The minimum Gasteiger partial charge on any atom is -0.339 e. The molecule has 0 unspecified atom stereocenters. The fourth-order valence-electron chi connectivity index (χ4n) is 3.29. The van der Waals surface area contributed by atoms with Gasteiger partial charge in [0.1, 0.15) is 9.98 Å². The van der Waals surface area contributed by atoms with Crippen molar-refractivity contribution < 1.29 is 0 Å². The molecule has 4 nitrogen and oxygen atoms in total. The van der Waals surface area contributed by atoms with Crippen LogP contribution in [0.15, 0.2) is 0 Å². The Kier molecular flexibility index (Phi) is 3.73. The molecule has 112 valence electrons. The van der Waals surface area contributed by atoms with Gasteiger partial charge in [-0.1, -0.05) is 11.6 Å².